The van der Waals surface area contributed by atoms with Crippen LogP contribution in [0.5, 0.6) is 11.8 Å². The second-order valence-electron chi connectivity index (χ2n) is 4.82. The largest absolute Gasteiger partial charge is 0.755 e. The average Bonchev–Trinajstić information content (AvgIpc) is 2.94. The predicted octanol–water partition coefficient (Wildman–Crippen LogP) is 0.500. The quantitative estimate of drug-likeness (QED) is 0.501. The van der Waals surface area contributed by atoms with Crippen LogP contribution in [0.3, 0.4) is 0 Å². The number of ether oxygens (including phenoxy) is 3. The first-order chi connectivity index (χ1) is 13.2. The van der Waals surface area contributed by atoms with E-state index in [0.717, 1.165) is 11.8 Å². The number of rotatable bonds is 6. The fourth-order valence-corrected chi connectivity index (χ4v) is 2.85. The molecule has 0 saturated carbocycles. The molecule has 2 amide bonds. The molecule has 2 rings (SSSR count). The summed E-state index contributed by atoms with van der Waals surface area (Å²) in [5.74, 6) is -1.65. The van der Waals surface area contributed by atoms with Crippen LogP contribution in [0, 0.1) is 0 Å². The molecule has 1 atom stereocenters. The molecule has 0 aliphatic rings. The number of carbonyl (C=O) groups excluding carboxylic acids is 2. The van der Waals surface area contributed by atoms with E-state index in [2.05, 4.69) is 25.1 Å². The molecule has 15 heteroatoms. The molecule has 0 spiro atoms. The lowest BCUT2D eigenvalue weighted by Gasteiger charge is -2.24. The van der Waals surface area contributed by atoms with Crippen LogP contribution in [0.15, 0.2) is 6.07 Å². The molecular weight excluding hydrogens is 420 g/mol. The fraction of sp³-hybridized carbons (Fsp3) is 0.308. The van der Waals surface area contributed by atoms with Crippen molar-refractivity contribution >= 4 is 46.6 Å². The second kappa shape index (κ2) is 8.81. The topological polar surface area (TPSA) is 161 Å². The van der Waals surface area contributed by atoms with E-state index in [1.165, 1.54) is 27.3 Å². The number of nitrogens with zero attached hydrogens (tertiary/aromatic N) is 5. The maximum absolute atomic E-state index is 12.6. The van der Waals surface area contributed by atoms with Gasteiger partial charge in [-0.05, 0) is 0 Å². The number of halogens is 1. The van der Waals surface area contributed by atoms with Crippen molar-refractivity contribution < 1.29 is 32.6 Å². The number of esters is 1. The van der Waals surface area contributed by atoms with Crippen LogP contribution >= 0.6 is 11.6 Å². The van der Waals surface area contributed by atoms with E-state index in [1.807, 2.05) is 0 Å². The van der Waals surface area contributed by atoms with E-state index in [0.29, 0.717) is 0 Å². The standard InChI is InChI=1S/C13H15ClN6O7S/c1-19-10(8(9(14)18-19)11(21)27-4)20(28(23)24)13(22)17-12-15-6(25-2)5-7(16-12)26-3/h5H,1-4H3,(H,23,24)(H,15,16,17,22)/p-1. The molecule has 0 aliphatic carbocycles. The Kier molecular flexibility index (Phi) is 6.71. The van der Waals surface area contributed by atoms with Gasteiger partial charge in [-0.2, -0.15) is 15.1 Å². The lowest BCUT2D eigenvalue weighted by molar-refractivity contribution is 0.0602. The fourth-order valence-electron chi connectivity index (χ4n) is 2.04. The number of nitrogens with one attached hydrogen (secondary N) is 1. The van der Waals surface area contributed by atoms with E-state index < -0.39 is 34.6 Å². The maximum atomic E-state index is 12.6. The summed E-state index contributed by atoms with van der Waals surface area (Å²) in [5, 5.41) is 5.56. The van der Waals surface area contributed by atoms with Gasteiger partial charge < -0.3 is 18.8 Å². The van der Waals surface area contributed by atoms with Crippen LogP contribution in [0.4, 0.5) is 16.6 Å². The summed E-state index contributed by atoms with van der Waals surface area (Å²) in [6.07, 6.45) is 0. The van der Waals surface area contributed by atoms with Gasteiger partial charge in [0.15, 0.2) is 11.0 Å². The number of amides is 2. The summed E-state index contributed by atoms with van der Waals surface area (Å²) >= 11 is 2.69. The van der Waals surface area contributed by atoms with Crippen molar-refractivity contribution in [2.45, 2.75) is 0 Å². The third-order valence-electron chi connectivity index (χ3n) is 3.21. The van der Waals surface area contributed by atoms with Gasteiger partial charge in [-0.25, -0.2) is 18.6 Å². The smallest absolute Gasteiger partial charge is 0.344 e. The number of hydrogen-bond acceptors (Lipinski definition) is 10. The van der Waals surface area contributed by atoms with Gasteiger partial charge >= 0.3 is 12.0 Å². The Morgan fingerprint density at radius 2 is 1.82 bits per heavy atom. The first kappa shape index (κ1) is 21.3. The molecule has 2 aromatic heterocycles. The van der Waals surface area contributed by atoms with Gasteiger partial charge in [0.25, 0.3) is 0 Å². The van der Waals surface area contributed by atoms with E-state index in [1.54, 1.807) is 0 Å². The third-order valence-corrected chi connectivity index (χ3v) is 4.11. The van der Waals surface area contributed by atoms with Crippen molar-refractivity contribution in [3.05, 3.63) is 16.8 Å². The number of methoxy groups -OCH3 is 3. The van der Waals surface area contributed by atoms with Crippen molar-refractivity contribution in [1.29, 1.82) is 0 Å². The monoisotopic (exact) mass is 433 g/mol. The Labute approximate surface area is 166 Å². The van der Waals surface area contributed by atoms with Gasteiger partial charge in [-0.3, -0.25) is 9.53 Å². The first-order valence-corrected chi connectivity index (χ1v) is 8.62. The molecule has 0 bridgehead atoms. The van der Waals surface area contributed by atoms with Gasteiger partial charge in [0, 0.05) is 7.05 Å². The summed E-state index contributed by atoms with van der Waals surface area (Å²) in [7, 11) is 5.00. The molecule has 13 nitrogen and oxygen atoms in total. The molecule has 0 saturated heterocycles. The van der Waals surface area contributed by atoms with Gasteiger partial charge in [0.05, 0.1) is 38.7 Å². The zero-order valence-electron chi connectivity index (χ0n) is 15.0. The predicted molar refractivity (Wildman–Crippen MR) is 95.1 cm³/mol. The lowest BCUT2D eigenvalue weighted by atomic mass is 10.3. The van der Waals surface area contributed by atoms with Crippen LogP contribution in [0.25, 0.3) is 0 Å². The van der Waals surface area contributed by atoms with Crippen molar-refractivity contribution in [3.63, 3.8) is 0 Å². The summed E-state index contributed by atoms with van der Waals surface area (Å²) in [6.45, 7) is 0. The second-order valence-corrected chi connectivity index (χ2v) is 5.98. The zero-order valence-corrected chi connectivity index (χ0v) is 16.5. The molecule has 0 radical (unpaired) electrons. The Bertz CT molecular complexity index is 914. The van der Waals surface area contributed by atoms with E-state index in [4.69, 9.17) is 21.1 Å². The number of aryl methyl sites for hydroxylation is 1. The number of hydrogen-bond donors (Lipinski definition) is 1. The number of aromatic nitrogens is 4. The third kappa shape index (κ3) is 4.29. The summed E-state index contributed by atoms with van der Waals surface area (Å²) in [6, 6.07) is 0.114. The maximum Gasteiger partial charge on any atom is 0.344 e. The molecule has 0 fully saturated rings. The SMILES string of the molecule is COC(=O)c1c(Cl)nn(C)c1N(C(=O)Nc1nc(OC)cc(OC)n1)S(=O)[O-]. The van der Waals surface area contributed by atoms with Crippen LogP contribution in [-0.2, 0) is 23.1 Å². The Morgan fingerprint density at radius 1 is 1.25 bits per heavy atom. The normalized spacial score (nSPS) is 11.5. The highest BCUT2D eigenvalue weighted by Gasteiger charge is 2.31. The Balaban J connectivity index is 2.48. The minimum absolute atomic E-state index is 0.0516. The summed E-state index contributed by atoms with van der Waals surface area (Å²) < 4.78 is 39.1. The van der Waals surface area contributed by atoms with E-state index in [9.17, 15) is 18.4 Å². The van der Waals surface area contributed by atoms with Crippen LogP contribution in [-0.4, -0.2) is 61.8 Å². The lowest BCUT2D eigenvalue weighted by Crippen LogP contribution is -2.39. The molecule has 28 heavy (non-hydrogen) atoms. The van der Waals surface area contributed by atoms with Crippen molar-refractivity contribution in [3.8, 4) is 11.8 Å². The van der Waals surface area contributed by atoms with Gasteiger partial charge in [-0.15, -0.1) is 0 Å². The molecule has 152 valence electrons. The van der Waals surface area contributed by atoms with E-state index in [-0.39, 0.29) is 27.2 Å². The number of carbonyl (C=O) groups is 2. The Morgan fingerprint density at radius 3 is 2.29 bits per heavy atom. The van der Waals surface area contributed by atoms with Gasteiger partial charge in [0.2, 0.25) is 17.7 Å². The summed E-state index contributed by atoms with van der Waals surface area (Å²) in [5.41, 5.74) is -0.421. The Hall–Kier alpha value is -2.97. The summed E-state index contributed by atoms with van der Waals surface area (Å²) in [4.78, 5) is 32.3. The molecule has 0 aliphatic heterocycles. The molecule has 1 N–H and O–H groups in total. The van der Waals surface area contributed by atoms with Gasteiger partial charge in [-0.1, -0.05) is 11.6 Å². The molecule has 2 aromatic rings. The molecule has 0 aromatic carbocycles. The zero-order chi connectivity index (χ0) is 21.0. The van der Waals surface area contributed by atoms with Crippen molar-refractivity contribution in [1.82, 2.24) is 19.7 Å². The van der Waals surface area contributed by atoms with Crippen LogP contribution in [0.2, 0.25) is 5.15 Å². The van der Waals surface area contributed by atoms with Crippen molar-refractivity contribution in [2.75, 3.05) is 31.0 Å². The molecule has 1 unspecified atom stereocenters. The van der Waals surface area contributed by atoms with Crippen LogP contribution in [0.1, 0.15) is 10.4 Å². The highest BCUT2D eigenvalue weighted by atomic mass is 35.5. The first-order valence-electron chi connectivity index (χ1n) is 7.21. The number of urea groups is 1. The van der Waals surface area contributed by atoms with E-state index >= 15 is 0 Å². The minimum Gasteiger partial charge on any atom is -0.755 e. The highest BCUT2D eigenvalue weighted by molar-refractivity contribution is 7.81. The highest BCUT2D eigenvalue weighted by Crippen LogP contribution is 2.29. The molecular formula is C13H14ClN6O7S-. The van der Waals surface area contributed by atoms with Crippen molar-refractivity contribution in [2.24, 2.45) is 7.05 Å². The minimum atomic E-state index is -3.17. The number of anilines is 2. The molecule has 2 heterocycles. The van der Waals surface area contributed by atoms with Crippen LogP contribution < -0.4 is 19.1 Å². The van der Waals surface area contributed by atoms with Gasteiger partial charge in [0.1, 0.15) is 5.56 Å². The average molecular weight is 434 g/mol.